The van der Waals surface area contributed by atoms with Crippen LogP contribution in [0, 0.1) is 6.92 Å². The summed E-state index contributed by atoms with van der Waals surface area (Å²) >= 11 is 0. The lowest BCUT2D eigenvalue weighted by Crippen LogP contribution is -2.04. The molecule has 14 heavy (non-hydrogen) atoms. The number of amidine groups is 1. The molecule has 1 heterocycles. The van der Waals surface area contributed by atoms with Crippen LogP contribution in [0.25, 0.3) is 5.70 Å². The first-order chi connectivity index (χ1) is 6.63. The van der Waals surface area contributed by atoms with Crippen LogP contribution in [0.1, 0.15) is 18.4 Å². The highest BCUT2D eigenvalue weighted by Gasteiger charge is 2.04. The monoisotopic (exact) mass is 191 g/mol. The molecule has 0 aliphatic heterocycles. The molecule has 1 aromatic heterocycles. The van der Waals surface area contributed by atoms with Crippen LogP contribution in [-0.2, 0) is 0 Å². The van der Waals surface area contributed by atoms with Crippen molar-refractivity contribution in [2.75, 3.05) is 0 Å². The van der Waals surface area contributed by atoms with E-state index in [0.717, 1.165) is 5.76 Å². The van der Waals surface area contributed by atoms with Crippen molar-refractivity contribution in [2.24, 2.45) is 15.7 Å². The summed E-state index contributed by atoms with van der Waals surface area (Å²) in [6.45, 7) is 6.93. The van der Waals surface area contributed by atoms with Gasteiger partial charge in [0.2, 0.25) is 0 Å². The first-order valence-electron chi connectivity index (χ1n) is 4.17. The zero-order valence-corrected chi connectivity index (χ0v) is 8.32. The Morgan fingerprint density at radius 1 is 1.57 bits per heavy atom. The maximum Gasteiger partial charge on any atom is 0.154 e. The van der Waals surface area contributed by atoms with Gasteiger partial charge in [0.05, 0.1) is 12.0 Å². The molecule has 0 spiro atoms. The summed E-state index contributed by atoms with van der Waals surface area (Å²) in [5.74, 6) is 1.91. The second kappa shape index (κ2) is 4.41. The summed E-state index contributed by atoms with van der Waals surface area (Å²) in [5, 5.41) is 0. The molecule has 0 bridgehead atoms. The molecule has 0 saturated heterocycles. The van der Waals surface area contributed by atoms with Crippen LogP contribution in [0.15, 0.2) is 32.7 Å². The van der Waals surface area contributed by atoms with Crippen LogP contribution in [0.5, 0.6) is 0 Å². The Bertz CT molecular complexity index is 384. The highest BCUT2D eigenvalue weighted by molar-refractivity contribution is 5.84. The molecule has 74 valence electrons. The van der Waals surface area contributed by atoms with E-state index in [9.17, 15) is 0 Å². The van der Waals surface area contributed by atoms with Crippen molar-refractivity contribution in [2.45, 2.75) is 13.8 Å². The number of nitrogens with zero attached hydrogens (tertiary/aromatic N) is 2. The SMILES string of the molecule is C=N/C=C(\N=C(/C)N)c1ccc(C)o1. The van der Waals surface area contributed by atoms with Gasteiger partial charge in [0, 0.05) is 0 Å². The van der Waals surface area contributed by atoms with Gasteiger partial charge in [-0.1, -0.05) is 0 Å². The predicted molar refractivity (Wildman–Crippen MR) is 58.3 cm³/mol. The second-order valence-electron chi connectivity index (χ2n) is 2.86. The Morgan fingerprint density at radius 3 is 2.71 bits per heavy atom. The van der Waals surface area contributed by atoms with E-state index in [2.05, 4.69) is 16.7 Å². The lowest BCUT2D eigenvalue weighted by molar-refractivity contribution is 0.520. The van der Waals surface area contributed by atoms with E-state index in [1.807, 2.05) is 19.1 Å². The number of aryl methyl sites for hydroxylation is 1. The predicted octanol–water partition coefficient (Wildman–Crippen LogP) is 1.96. The van der Waals surface area contributed by atoms with E-state index in [0.29, 0.717) is 17.3 Å². The minimum absolute atomic E-state index is 0.453. The topological polar surface area (TPSA) is 63.9 Å². The van der Waals surface area contributed by atoms with Gasteiger partial charge < -0.3 is 10.2 Å². The summed E-state index contributed by atoms with van der Waals surface area (Å²) in [5.41, 5.74) is 6.05. The summed E-state index contributed by atoms with van der Waals surface area (Å²) in [6.07, 6.45) is 1.51. The number of hydrogen-bond donors (Lipinski definition) is 1. The van der Waals surface area contributed by atoms with E-state index in [1.54, 1.807) is 6.92 Å². The fourth-order valence-corrected chi connectivity index (χ4v) is 0.996. The maximum absolute atomic E-state index is 5.47. The van der Waals surface area contributed by atoms with Crippen molar-refractivity contribution < 1.29 is 4.42 Å². The average Bonchev–Trinajstić information content (AvgIpc) is 2.50. The smallest absolute Gasteiger partial charge is 0.154 e. The summed E-state index contributed by atoms with van der Waals surface area (Å²) in [7, 11) is 0. The number of nitrogens with two attached hydrogens (primary N) is 1. The minimum atomic E-state index is 0.453. The number of furan rings is 1. The largest absolute Gasteiger partial charge is 0.460 e. The molecule has 4 nitrogen and oxygen atoms in total. The van der Waals surface area contributed by atoms with E-state index >= 15 is 0 Å². The van der Waals surface area contributed by atoms with Gasteiger partial charge in [-0.05, 0) is 32.7 Å². The molecule has 0 saturated carbocycles. The van der Waals surface area contributed by atoms with Gasteiger partial charge >= 0.3 is 0 Å². The normalized spacial score (nSPS) is 13.0. The van der Waals surface area contributed by atoms with Gasteiger partial charge in [0.1, 0.15) is 11.5 Å². The zero-order chi connectivity index (χ0) is 10.6. The third-order valence-corrected chi connectivity index (χ3v) is 1.50. The Balaban J connectivity index is 3.07. The van der Waals surface area contributed by atoms with Crippen LogP contribution in [-0.4, -0.2) is 12.6 Å². The number of rotatable bonds is 3. The van der Waals surface area contributed by atoms with Crippen LogP contribution in [0.4, 0.5) is 0 Å². The lowest BCUT2D eigenvalue weighted by Gasteiger charge is -1.96. The van der Waals surface area contributed by atoms with E-state index < -0.39 is 0 Å². The van der Waals surface area contributed by atoms with Crippen molar-refractivity contribution >= 4 is 18.3 Å². The van der Waals surface area contributed by atoms with E-state index in [-0.39, 0.29) is 0 Å². The van der Waals surface area contributed by atoms with Gasteiger partial charge in [-0.15, -0.1) is 0 Å². The first kappa shape index (κ1) is 10.2. The van der Waals surface area contributed by atoms with Gasteiger partial charge in [-0.25, -0.2) is 4.99 Å². The first-order valence-corrected chi connectivity index (χ1v) is 4.17. The summed E-state index contributed by atoms with van der Waals surface area (Å²) in [6, 6.07) is 3.67. The van der Waals surface area contributed by atoms with Gasteiger partial charge in [-0.3, -0.25) is 4.99 Å². The molecule has 0 aliphatic carbocycles. The fraction of sp³-hybridized carbons (Fsp3) is 0.200. The molecule has 2 N–H and O–H groups in total. The number of aliphatic imine (C=N–C) groups is 2. The highest BCUT2D eigenvalue weighted by Crippen LogP contribution is 2.18. The summed E-state index contributed by atoms with van der Waals surface area (Å²) in [4.78, 5) is 7.72. The van der Waals surface area contributed by atoms with Gasteiger partial charge in [0.15, 0.2) is 5.76 Å². The molecular formula is C10H13N3O. The van der Waals surface area contributed by atoms with Crippen molar-refractivity contribution in [1.82, 2.24) is 0 Å². The van der Waals surface area contributed by atoms with Crippen molar-refractivity contribution in [1.29, 1.82) is 0 Å². The second-order valence-corrected chi connectivity index (χ2v) is 2.86. The minimum Gasteiger partial charge on any atom is -0.460 e. The fourth-order valence-electron chi connectivity index (χ4n) is 0.996. The molecule has 0 unspecified atom stereocenters. The van der Waals surface area contributed by atoms with E-state index in [4.69, 9.17) is 10.2 Å². The maximum atomic E-state index is 5.47. The molecule has 4 heteroatoms. The Labute approximate surface area is 82.9 Å². The Kier molecular flexibility index (Phi) is 3.23. The Hall–Kier alpha value is -1.84. The van der Waals surface area contributed by atoms with Crippen LogP contribution in [0.3, 0.4) is 0 Å². The van der Waals surface area contributed by atoms with Gasteiger partial charge in [-0.2, -0.15) is 0 Å². The van der Waals surface area contributed by atoms with Crippen molar-refractivity contribution in [3.05, 3.63) is 29.9 Å². The standard InChI is InChI=1S/C10H13N3O/c1-7-4-5-10(14-7)9(6-12-3)13-8(2)11/h4-6H,3H2,1-2H3,(H2,11,13)/b9-6-. The van der Waals surface area contributed by atoms with Crippen LogP contribution in [0.2, 0.25) is 0 Å². The zero-order valence-electron chi connectivity index (χ0n) is 8.32. The lowest BCUT2D eigenvalue weighted by atomic mass is 10.3. The molecule has 0 atom stereocenters. The average molecular weight is 191 g/mol. The van der Waals surface area contributed by atoms with Gasteiger partial charge in [0.25, 0.3) is 0 Å². The van der Waals surface area contributed by atoms with Crippen molar-refractivity contribution in [3.8, 4) is 0 Å². The van der Waals surface area contributed by atoms with Crippen LogP contribution < -0.4 is 5.73 Å². The Morgan fingerprint density at radius 2 is 2.29 bits per heavy atom. The third-order valence-electron chi connectivity index (χ3n) is 1.50. The molecule has 0 aromatic carbocycles. The molecule has 0 radical (unpaired) electrons. The van der Waals surface area contributed by atoms with Crippen LogP contribution >= 0.6 is 0 Å². The molecule has 1 rings (SSSR count). The third kappa shape index (κ3) is 2.58. The number of hydrogen-bond acceptors (Lipinski definition) is 3. The quantitative estimate of drug-likeness (QED) is 0.586. The molecule has 0 amide bonds. The molecule has 1 aromatic rings. The van der Waals surface area contributed by atoms with Crippen molar-refractivity contribution in [3.63, 3.8) is 0 Å². The summed E-state index contributed by atoms with van der Waals surface area (Å²) < 4.78 is 5.38. The van der Waals surface area contributed by atoms with E-state index in [1.165, 1.54) is 6.20 Å². The molecule has 0 aliphatic rings. The molecule has 0 fully saturated rings. The highest BCUT2D eigenvalue weighted by atomic mass is 16.3. The molecular weight excluding hydrogens is 178 g/mol.